The van der Waals surface area contributed by atoms with Crippen LogP contribution in [-0.4, -0.2) is 102 Å². The van der Waals surface area contributed by atoms with Crippen molar-refractivity contribution in [2.75, 3.05) is 20.3 Å². The number of ether oxygens (including phenoxy) is 2. The molecule has 398 valence electrons. The number of unbranched alkanes of at least 4 members (excludes halogenated alkanes) is 4. The largest absolute Gasteiger partial charge is 0.480 e. The van der Waals surface area contributed by atoms with E-state index in [0.717, 1.165) is 47.3 Å². The lowest BCUT2D eigenvalue weighted by Gasteiger charge is -2.38. The minimum Gasteiger partial charge on any atom is -0.480 e. The number of methoxy groups -OCH3 is 1. The predicted octanol–water partition coefficient (Wildman–Crippen LogP) is 10.6. The number of aliphatic carboxylic acids is 1. The van der Waals surface area contributed by atoms with Crippen molar-refractivity contribution in [3.8, 4) is 0 Å². The van der Waals surface area contributed by atoms with E-state index in [4.69, 9.17) is 14.6 Å². The Morgan fingerprint density at radius 1 is 0.957 bits per heavy atom. The van der Waals surface area contributed by atoms with E-state index in [9.17, 15) is 42.2 Å². The number of aliphatic hydroxyl groups is 2. The van der Waals surface area contributed by atoms with Crippen molar-refractivity contribution in [1.29, 1.82) is 0 Å². The van der Waals surface area contributed by atoms with Crippen LogP contribution in [0.5, 0.6) is 0 Å². The molecule has 1 aromatic rings. The number of carboxylic acid groups (broad SMARTS) is 1. The first-order valence-corrected chi connectivity index (χ1v) is 26.9. The lowest BCUT2D eigenvalue weighted by molar-refractivity contribution is -0.240. The summed E-state index contributed by atoms with van der Waals surface area (Å²) in [7, 11) is -2.00. The van der Waals surface area contributed by atoms with Crippen molar-refractivity contribution < 1.29 is 56.8 Å². The Bertz CT molecular complexity index is 1980. The highest BCUT2D eigenvalue weighted by Crippen LogP contribution is 2.32. The Morgan fingerprint density at radius 2 is 1.67 bits per heavy atom. The van der Waals surface area contributed by atoms with Gasteiger partial charge in [0.1, 0.15) is 17.6 Å². The average Bonchev–Trinajstić information content (AvgIpc) is 3.34. The van der Waals surface area contributed by atoms with Gasteiger partial charge in [0, 0.05) is 38.0 Å². The normalized spacial score (nSPS) is 23.5. The number of halogens is 1. The number of likely N-dealkylation sites (tertiary alicyclic amines) is 1. The summed E-state index contributed by atoms with van der Waals surface area (Å²) >= 11 is 0. The molecule has 0 aromatic heterocycles. The van der Waals surface area contributed by atoms with Crippen LogP contribution in [0.3, 0.4) is 0 Å². The van der Waals surface area contributed by atoms with Gasteiger partial charge in [-0.3, -0.25) is 14.4 Å². The molecule has 15 heteroatoms. The van der Waals surface area contributed by atoms with E-state index in [1.807, 2.05) is 72.1 Å². The summed E-state index contributed by atoms with van der Waals surface area (Å²) in [6.07, 6.45) is 28.0. The second kappa shape index (κ2) is 33.7. The lowest BCUT2D eigenvalue weighted by Crippen LogP contribution is -2.59. The molecule has 3 aliphatic rings. The number of ketones is 2. The monoisotopic (exact) mass is 1000 g/mol. The van der Waals surface area contributed by atoms with E-state index in [1.54, 1.807) is 13.8 Å². The maximum Gasteiger partial charge on any atom is 0.326 e. The van der Waals surface area contributed by atoms with Crippen LogP contribution in [0.4, 0.5) is 4.39 Å². The molecule has 1 aromatic carbocycles. The van der Waals surface area contributed by atoms with Crippen LogP contribution in [0.15, 0.2) is 76.8 Å². The molecule has 1 saturated carbocycles. The van der Waals surface area contributed by atoms with Crippen LogP contribution in [0, 0.1) is 23.6 Å². The number of hydrogen-bond donors (Lipinski definition) is 4. The van der Waals surface area contributed by atoms with Crippen LogP contribution < -0.4 is 4.72 Å². The SMILES string of the molecule is C.CC.CC1CCCOC1(O)C(=O)C(=O)N1CCCCC1C(=O)O.COC1CCCC(CCCCCC/C=C(\C)C(O)CC(=O)C(C)CC/C=C/C=C/C=C(\C)C(C)NS(=O)(=O)c2cccc(F)c2)C1. The smallest absolute Gasteiger partial charge is 0.326 e. The highest BCUT2D eigenvalue weighted by Gasteiger charge is 2.50. The number of nitrogens with one attached hydrogen (secondary N) is 1. The Morgan fingerprint density at radius 3 is 2.34 bits per heavy atom. The third-order valence-electron chi connectivity index (χ3n) is 13.5. The first kappa shape index (κ1) is 64.2. The molecule has 2 heterocycles. The Hall–Kier alpha value is -3.86. The Kier molecular flexibility index (Phi) is 30.9. The molecule has 13 nitrogen and oxygen atoms in total. The summed E-state index contributed by atoms with van der Waals surface area (Å²) in [5.41, 5.74) is 1.69. The number of aliphatic hydroxyl groups excluding tert-OH is 1. The van der Waals surface area contributed by atoms with E-state index in [2.05, 4.69) is 10.8 Å². The fourth-order valence-corrected chi connectivity index (χ4v) is 10.1. The summed E-state index contributed by atoms with van der Waals surface area (Å²) in [6.45, 7) is 13.5. The Labute approximate surface area is 420 Å². The number of allylic oxidation sites excluding steroid dienone is 6. The summed E-state index contributed by atoms with van der Waals surface area (Å²) in [4.78, 5) is 49.5. The van der Waals surface area contributed by atoms with Gasteiger partial charge >= 0.3 is 5.97 Å². The molecule has 4 N–H and O–H groups in total. The van der Waals surface area contributed by atoms with E-state index >= 15 is 0 Å². The topological polar surface area (TPSA) is 197 Å². The molecule has 2 aliphatic heterocycles. The molecule has 1 amide bonds. The number of benzene rings is 1. The second-order valence-corrected chi connectivity index (χ2v) is 20.5. The zero-order valence-corrected chi connectivity index (χ0v) is 43.6. The maximum absolute atomic E-state index is 13.4. The number of piperidine rings is 1. The quantitative estimate of drug-likeness (QED) is 0.0333. The van der Waals surface area contributed by atoms with Gasteiger partial charge in [-0.15, -0.1) is 0 Å². The minimum absolute atomic E-state index is 0. The third kappa shape index (κ3) is 21.9. The van der Waals surface area contributed by atoms with Crippen molar-refractivity contribution in [3.05, 3.63) is 77.7 Å². The maximum atomic E-state index is 13.4. The Balaban J connectivity index is 0.000000848. The van der Waals surface area contributed by atoms with Gasteiger partial charge in [-0.2, -0.15) is 0 Å². The first-order chi connectivity index (χ1) is 32.8. The number of Topliss-reactive ketones (excluding diaryl/α,β-unsaturated/α-hetero) is 2. The van der Waals surface area contributed by atoms with Gasteiger partial charge in [-0.05, 0) is 121 Å². The highest BCUT2D eigenvalue weighted by atomic mass is 32.2. The van der Waals surface area contributed by atoms with E-state index < -0.39 is 63.4 Å². The van der Waals surface area contributed by atoms with Crippen LogP contribution in [0.1, 0.15) is 171 Å². The predicted molar refractivity (Wildman–Crippen MR) is 276 cm³/mol. The van der Waals surface area contributed by atoms with Crippen LogP contribution >= 0.6 is 0 Å². The molecule has 0 spiro atoms. The van der Waals surface area contributed by atoms with Gasteiger partial charge in [-0.1, -0.05) is 122 Å². The number of carbonyl (C=O) groups is 4. The molecule has 2 saturated heterocycles. The number of hydrogen-bond acceptors (Lipinski definition) is 10. The average molecular weight is 1010 g/mol. The highest BCUT2D eigenvalue weighted by molar-refractivity contribution is 7.89. The molecule has 4 rings (SSSR count). The van der Waals surface area contributed by atoms with Gasteiger partial charge in [0.05, 0.1) is 23.7 Å². The second-order valence-electron chi connectivity index (χ2n) is 18.8. The molecule has 3 fully saturated rings. The van der Waals surface area contributed by atoms with Crippen molar-refractivity contribution >= 4 is 33.5 Å². The zero-order valence-electron chi connectivity index (χ0n) is 42.8. The van der Waals surface area contributed by atoms with Gasteiger partial charge in [-0.25, -0.2) is 22.3 Å². The summed E-state index contributed by atoms with van der Waals surface area (Å²) in [6, 6.07) is 3.45. The number of sulfonamides is 1. The molecule has 8 unspecified atom stereocenters. The van der Waals surface area contributed by atoms with Crippen LogP contribution in [0.25, 0.3) is 0 Å². The zero-order chi connectivity index (χ0) is 51.6. The van der Waals surface area contributed by atoms with Gasteiger partial charge in [0.2, 0.25) is 15.8 Å². The molecule has 8 atom stereocenters. The van der Waals surface area contributed by atoms with E-state index in [1.165, 1.54) is 69.6 Å². The molecule has 1 aliphatic carbocycles. The fourth-order valence-electron chi connectivity index (χ4n) is 8.75. The summed E-state index contributed by atoms with van der Waals surface area (Å²) in [5, 5.41) is 30.1. The van der Waals surface area contributed by atoms with Crippen molar-refractivity contribution in [3.63, 3.8) is 0 Å². The lowest BCUT2D eigenvalue weighted by atomic mass is 9.84. The van der Waals surface area contributed by atoms with Gasteiger partial charge < -0.3 is 29.7 Å². The van der Waals surface area contributed by atoms with Crippen LogP contribution in [-0.2, 0) is 38.7 Å². The number of amides is 1. The number of nitrogens with zero attached hydrogens (tertiary/aromatic N) is 1. The minimum atomic E-state index is -3.83. The number of carbonyl (C=O) groups excluding carboxylic acids is 3. The fraction of sp³-hybridized carbons (Fsp3) is 0.673. The van der Waals surface area contributed by atoms with Gasteiger partial charge in [0.25, 0.3) is 11.7 Å². The van der Waals surface area contributed by atoms with Crippen molar-refractivity contribution in [1.82, 2.24) is 9.62 Å². The molecule has 0 bridgehead atoms. The molecular formula is C55H89FN2O11S. The van der Waals surface area contributed by atoms with Crippen molar-refractivity contribution in [2.24, 2.45) is 17.8 Å². The first-order valence-electron chi connectivity index (χ1n) is 25.4. The summed E-state index contributed by atoms with van der Waals surface area (Å²) in [5.74, 6) is -5.59. The number of rotatable bonds is 24. The third-order valence-corrected chi connectivity index (χ3v) is 15.1. The number of carboxylic acids is 1. The summed E-state index contributed by atoms with van der Waals surface area (Å²) < 4.78 is 51.7. The van der Waals surface area contributed by atoms with E-state index in [-0.39, 0.29) is 43.6 Å². The van der Waals surface area contributed by atoms with Crippen LogP contribution in [0.2, 0.25) is 0 Å². The van der Waals surface area contributed by atoms with Gasteiger partial charge in [0.15, 0.2) is 0 Å². The molecule has 70 heavy (non-hydrogen) atoms. The van der Waals surface area contributed by atoms with Crippen molar-refractivity contribution in [2.45, 2.75) is 206 Å². The molecular weight excluding hydrogens is 916 g/mol. The standard InChI is InChI=1S/C38H58FNO5S.C14H21NO6.C2H6.CH4/c1-29(32(4)40-46(43,44)36-25-17-23-34(39)27-36)18-12-8-6-9-13-19-30(2)37(41)28-38(42)31(3)20-14-10-7-11-15-21-33-22-16-24-35(26-33)45-5;1-9-5-4-8-21-14(9,20)11(16)12(17)15-7-3-2-6-10(15)13(18)19;1-2;/h6,8-9,12,17-18,20,23,25,27,30,32-33,35,38,40,42H,7,10-11,13-16,19,21-22,24,26,28H2,1-5H3;9-10,20H,2-8H2,1H3,(H,18,19);1-2H3;1H4/b9-6+,12-8+,29-18+,31-20+;;;. The van der Waals surface area contributed by atoms with E-state index in [0.29, 0.717) is 44.6 Å². The molecule has 0 radical (unpaired) electrons.